The number of nitrogens with two attached hydrogens (primary N) is 1. The molecular formula is C10H20N4. The average molecular weight is 196 g/mol. The molecule has 0 aromatic heterocycles. The maximum Gasteiger partial charge on any atom is 0.108 e. The van der Waals surface area contributed by atoms with Gasteiger partial charge in [0.2, 0.25) is 0 Å². The fourth-order valence-corrected chi connectivity index (χ4v) is 2.77. The summed E-state index contributed by atoms with van der Waals surface area (Å²) in [7, 11) is 0. The summed E-state index contributed by atoms with van der Waals surface area (Å²) in [6.45, 7) is 6.77. The van der Waals surface area contributed by atoms with E-state index in [4.69, 9.17) is 11.1 Å². The standard InChI is InChI=1S/C10H20N4/c1-2-9(10(11)12)14-6-5-13-4-3-8(14)7-13/h8-9H,2-7H2,1H3,(H3,11,12). The SMILES string of the molecule is CCC(C(=N)N)N1CCN2CCC1C2. The van der Waals surface area contributed by atoms with Crippen LogP contribution in [0.1, 0.15) is 19.8 Å². The van der Waals surface area contributed by atoms with Crippen molar-refractivity contribution in [2.24, 2.45) is 5.73 Å². The average Bonchev–Trinajstić information content (AvgIpc) is 2.53. The van der Waals surface area contributed by atoms with Gasteiger partial charge in [0.25, 0.3) is 0 Å². The summed E-state index contributed by atoms with van der Waals surface area (Å²) < 4.78 is 0. The lowest BCUT2D eigenvalue weighted by Crippen LogP contribution is -2.55. The Morgan fingerprint density at radius 3 is 2.93 bits per heavy atom. The number of nitrogens with one attached hydrogen (secondary N) is 1. The van der Waals surface area contributed by atoms with Gasteiger partial charge in [0.1, 0.15) is 5.84 Å². The molecule has 4 heteroatoms. The molecule has 3 atom stereocenters. The van der Waals surface area contributed by atoms with Crippen LogP contribution in [0, 0.1) is 5.41 Å². The first-order valence-electron chi connectivity index (χ1n) is 5.54. The molecule has 2 aliphatic rings. The smallest absolute Gasteiger partial charge is 0.108 e. The molecule has 0 aliphatic carbocycles. The van der Waals surface area contributed by atoms with Crippen molar-refractivity contribution in [1.82, 2.24) is 9.80 Å². The normalized spacial score (nSPS) is 34.4. The summed E-state index contributed by atoms with van der Waals surface area (Å²) in [4.78, 5) is 4.94. The Morgan fingerprint density at radius 2 is 2.29 bits per heavy atom. The molecule has 2 heterocycles. The fourth-order valence-electron chi connectivity index (χ4n) is 2.77. The van der Waals surface area contributed by atoms with Gasteiger partial charge in [-0.1, -0.05) is 6.92 Å². The lowest BCUT2D eigenvalue weighted by molar-refractivity contribution is 0.114. The van der Waals surface area contributed by atoms with Gasteiger partial charge >= 0.3 is 0 Å². The van der Waals surface area contributed by atoms with E-state index in [1.165, 1.54) is 19.5 Å². The van der Waals surface area contributed by atoms with E-state index in [1.807, 2.05) is 0 Å². The van der Waals surface area contributed by atoms with E-state index in [9.17, 15) is 0 Å². The summed E-state index contributed by atoms with van der Waals surface area (Å²) in [5, 5.41) is 7.59. The number of hydrogen-bond acceptors (Lipinski definition) is 3. The minimum absolute atomic E-state index is 0.181. The maximum atomic E-state index is 7.59. The van der Waals surface area contributed by atoms with E-state index in [0.29, 0.717) is 11.9 Å². The fraction of sp³-hybridized carbons (Fsp3) is 0.900. The zero-order valence-electron chi connectivity index (χ0n) is 8.87. The van der Waals surface area contributed by atoms with Crippen molar-refractivity contribution >= 4 is 5.84 Å². The van der Waals surface area contributed by atoms with Crippen molar-refractivity contribution in [1.29, 1.82) is 5.41 Å². The Morgan fingerprint density at radius 1 is 1.50 bits per heavy atom. The second-order valence-electron chi connectivity index (χ2n) is 4.36. The van der Waals surface area contributed by atoms with Crippen molar-refractivity contribution in [3.8, 4) is 0 Å². The highest BCUT2D eigenvalue weighted by Gasteiger charge is 2.36. The first-order chi connectivity index (χ1) is 6.72. The number of hydrogen-bond donors (Lipinski definition) is 2. The van der Waals surface area contributed by atoms with E-state index in [2.05, 4.69) is 16.7 Å². The zero-order valence-corrected chi connectivity index (χ0v) is 8.87. The zero-order chi connectivity index (χ0) is 10.1. The van der Waals surface area contributed by atoms with Crippen LogP contribution in [0.2, 0.25) is 0 Å². The van der Waals surface area contributed by atoms with E-state index in [0.717, 1.165) is 19.5 Å². The van der Waals surface area contributed by atoms with Gasteiger partial charge in [-0.15, -0.1) is 0 Å². The van der Waals surface area contributed by atoms with Crippen LogP contribution in [0.4, 0.5) is 0 Å². The Balaban J connectivity index is 2.05. The van der Waals surface area contributed by atoms with Crippen molar-refractivity contribution in [2.75, 3.05) is 26.2 Å². The maximum absolute atomic E-state index is 7.59. The van der Waals surface area contributed by atoms with Gasteiger partial charge < -0.3 is 10.6 Å². The van der Waals surface area contributed by atoms with Crippen LogP contribution in [-0.2, 0) is 0 Å². The number of amidine groups is 1. The number of nitrogens with zero attached hydrogens (tertiary/aromatic N) is 2. The third-order valence-electron chi connectivity index (χ3n) is 3.54. The molecule has 2 bridgehead atoms. The Kier molecular flexibility index (Phi) is 2.74. The molecule has 2 aliphatic heterocycles. The van der Waals surface area contributed by atoms with Gasteiger partial charge in [-0.2, -0.15) is 0 Å². The van der Waals surface area contributed by atoms with Crippen LogP contribution < -0.4 is 5.73 Å². The van der Waals surface area contributed by atoms with Crippen LogP contribution in [0.5, 0.6) is 0 Å². The monoisotopic (exact) mass is 196 g/mol. The summed E-state index contributed by atoms with van der Waals surface area (Å²) in [6.07, 6.45) is 2.22. The predicted molar refractivity (Wildman–Crippen MR) is 57.5 cm³/mol. The Hall–Kier alpha value is -0.610. The van der Waals surface area contributed by atoms with Gasteiger partial charge in [-0.05, 0) is 19.4 Å². The molecule has 3 N–H and O–H groups in total. The van der Waals surface area contributed by atoms with E-state index < -0.39 is 0 Å². The molecule has 0 aromatic rings. The predicted octanol–water partition coefficient (Wildman–Crippen LogP) is 0.0909. The second-order valence-corrected chi connectivity index (χ2v) is 4.36. The highest BCUT2D eigenvalue weighted by Crippen LogP contribution is 2.23. The molecule has 80 valence electrons. The number of rotatable bonds is 3. The molecule has 0 aromatic carbocycles. The Bertz CT molecular complexity index is 228. The second kappa shape index (κ2) is 3.87. The topological polar surface area (TPSA) is 56.4 Å². The van der Waals surface area contributed by atoms with Crippen LogP contribution in [0.3, 0.4) is 0 Å². The molecule has 3 unspecified atom stereocenters. The molecule has 0 radical (unpaired) electrons. The first kappa shape index (κ1) is 9.93. The minimum Gasteiger partial charge on any atom is -0.386 e. The molecular weight excluding hydrogens is 176 g/mol. The van der Waals surface area contributed by atoms with E-state index in [-0.39, 0.29) is 6.04 Å². The van der Waals surface area contributed by atoms with Crippen LogP contribution in [-0.4, -0.2) is 53.9 Å². The van der Waals surface area contributed by atoms with Gasteiger partial charge in [0.05, 0.1) is 6.04 Å². The van der Waals surface area contributed by atoms with E-state index >= 15 is 0 Å². The first-order valence-corrected chi connectivity index (χ1v) is 5.54. The van der Waals surface area contributed by atoms with Gasteiger partial charge in [0, 0.05) is 25.7 Å². The van der Waals surface area contributed by atoms with Crippen molar-refractivity contribution in [3.63, 3.8) is 0 Å². The summed E-state index contributed by atoms with van der Waals surface area (Å²) in [5.41, 5.74) is 5.64. The van der Waals surface area contributed by atoms with Crippen LogP contribution in [0.25, 0.3) is 0 Å². The molecule has 14 heavy (non-hydrogen) atoms. The Labute approximate surface area is 85.6 Å². The largest absolute Gasteiger partial charge is 0.386 e. The molecule has 2 saturated heterocycles. The lowest BCUT2D eigenvalue weighted by atomic mass is 10.1. The number of fused-ring (bicyclic) bond motifs is 2. The summed E-state index contributed by atoms with van der Waals surface area (Å²) in [5.74, 6) is 0.341. The third-order valence-corrected chi connectivity index (χ3v) is 3.54. The quantitative estimate of drug-likeness (QED) is 0.497. The highest BCUT2D eigenvalue weighted by molar-refractivity contribution is 5.82. The molecule has 2 rings (SSSR count). The van der Waals surface area contributed by atoms with Crippen molar-refractivity contribution in [3.05, 3.63) is 0 Å². The van der Waals surface area contributed by atoms with Gasteiger partial charge in [0.15, 0.2) is 0 Å². The lowest BCUT2D eigenvalue weighted by Gasteiger charge is -2.39. The molecule has 4 nitrogen and oxygen atoms in total. The molecule has 0 spiro atoms. The van der Waals surface area contributed by atoms with Crippen molar-refractivity contribution < 1.29 is 0 Å². The van der Waals surface area contributed by atoms with E-state index in [1.54, 1.807) is 0 Å². The summed E-state index contributed by atoms with van der Waals surface area (Å²) in [6, 6.07) is 0.831. The van der Waals surface area contributed by atoms with Crippen LogP contribution in [0.15, 0.2) is 0 Å². The molecule has 0 amide bonds. The van der Waals surface area contributed by atoms with Crippen LogP contribution >= 0.6 is 0 Å². The summed E-state index contributed by atoms with van der Waals surface area (Å²) >= 11 is 0. The molecule has 0 saturated carbocycles. The van der Waals surface area contributed by atoms with Crippen molar-refractivity contribution in [2.45, 2.75) is 31.8 Å². The van der Waals surface area contributed by atoms with Gasteiger partial charge in [-0.25, -0.2) is 0 Å². The third kappa shape index (κ3) is 1.64. The molecule has 2 fully saturated rings. The van der Waals surface area contributed by atoms with Gasteiger partial charge in [-0.3, -0.25) is 10.3 Å². The minimum atomic E-state index is 0.181. The highest BCUT2D eigenvalue weighted by atomic mass is 15.3. The number of piperazine rings is 1.